The molecule has 0 amide bonds. The highest BCUT2D eigenvalue weighted by Gasteiger charge is 2.25. The molecule has 1 aliphatic rings. The van der Waals surface area contributed by atoms with Crippen molar-refractivity contribution in [2.75, 3.05) is 13.2 Å². The van der Waals surface area contributed by atoms with E-state index < -0.39 is 0 Å². The molecule has 1 fully saturated rings. The first kappa shape index (κ1) is 13.3. The number of ether oxygens (including phenoxy) is 1. The van der Waals surface area contributed by atoms with Gasteiger partial charge in [0.2, 0.25) is 0 Å². The number of fused-ring (bicyclic) bond motifs is 1. The van der Waals surface area contributed by atoms with Crippen LogP contribution in [0, 0.1) is 0 Å². The summed E-state index contributed by atoms with van der Waals surface area (Å²) >= 11 is 0. The summed E-state index contributed by atoms with van der Waals surface area (Å²) in [5.74, 6) is 2.24. The van der Waals surface area contributed by atoms with Gasteiger partial charge >= 0.3 is 0 Å². The van der Waals surface area contributed by atoms with E-state index in [2.05, 4.69) is 30.6 Å². The van der Waals surface area contributed by atoms with Gasteiger partial charge in [-0.05, 0) is 24.6 Å². The molecule has 0 unspecified atom stereocenters. The Labute approximate surface area is 135 Å². The minimum atomic E-state index is 0.201. The Bertz CT molecular complexity index is 981. The van der Waals surface area contributed by atoms with Crippen molar-refractivity contribution in [3.05, 3.63) is 36.5 Å². The Morgan fingerprint density at radius 2 is 2.21 bits per heavy atom. The summed E-state index contributed by atoms with van der Waals surface area (Å²) < 4.78 is 8.77. The van der Waals surface area contributed by atoms with Crippen LogP contribution in [0.2, 0.25) is 0 Å². The van der Waals surface area contributed by atoms with Gasteiger partial charge in [-0.2, -0.15) is 14.3 Å². The Hall–Kier alpha value is -3.14. The second-order valence-corrected chi connectivity index (χ2v) is 5.56. The topological polar surface area (TPSA) is 112 Å². The number of hydrogen-bond acceptors (Lipinski definition) is 7. The lowest BCUT2D eigenvalue weighted by atomic mass is 10.1. The zero-order valence-electron chi connectivity index (χ0n) is 12.6. The Kier molecular flexibility index (Phi) is 2.88. The van der Waals surface area contributed by atoms with Crippen LogP contribution >= 0.6 is 0 Å². The van der Waals surface area contributed by atoms with Crippen LogP contribution in [0.1, 0.15) is 18.2 Å². The van der Waals surface area contributed by atoms with Crippen LogP contribution in [0.25, 0.3) is 23.0 Å². The number of hydrogen-bond donors (Lipinski definition) is 1. The van der Waals surface area contributed by atoms with Crippen molar-refractivity contribution in [3.63, 3.8) is 0 Å². The molecular formula is C14H13N9O. The second kappa shape index (κ2) is 5.20. The van der Waals surface area contributed by atoms with E-state index in [9.17, 15) is 0 Å². The van der Waals surface area contributed by atoms with E-state index in [1.807, 2.05) is 18.2 Å². The van der Waals surface area contributed by atoms with Crippen molar-refractivity contribution >= 4 is 5.65 Å². The van der Waals surface area contributed by atoms with Crippen LogP contribution < -0.4 is 0 Å². The summed E-state index contributed by atoms with van der Waals surface area (Å²) in [5, 5.41) is 23.9. The summed E-state index contributed by atoms with van der Waals surface area (Å²) in [6.45, 7) is 1.38. The van der Waals surface area contributed by atoms with Gasteiger partial charge in [-0.3, -0.25) is 5.10 Å². The molecule has 0 radical (unpaired) electrons. The maximum absolute atomic E-state index is 5.46. The molecule has 5 heterocycles. The van der Waals surface area contributed by atoms with E-state index in [-0.39, 0.29) is 5.92 Å². The van der Waals surface area contributed by atoms with Gasteiger partial charge in [0.1, 0.15) is 12.0 Å². The van der Waals surface area contributed by atoms with Crippen molar-refractivity contribution < 1.29 is 4.74 Å². The Morgan fingerprint density at radius 3 is 3.04 bits per heavy atom. The fourth-order valence-electron chi connectivity index (χ4n) is 2.78. The van der Waals surface area contributed by atoms with Gasteiger partial charge in [0, 0.05) is 18.7 Å². The molecule has 4 aromatic rings. The molecule has 1 atom stereocenters. The first-order valence-electron chi connectivity index (χ1n) is 7.60. The molecule has 120 valence electrons. The molecule has 0 aliphatic carbocycles. The maximum atomic E-state index is 5.46. The number of rotatable bonds is 3. The molecule has 5 rings (SSSR count). The summed E-state index contributed by atoms with van der Waals surface area (Å²) in [7, 11) is 0. The van der Waals surface area contributed by atoms with E-state index in [0.717, 1.165) is 24.5 Å². The fourth-order valence-corrected chi connectivity index (χ4v) is 2.78. The van der Waals surface area contributed by atoms with Gasteiger partial charge in [0.15, 0.2) is 23.1 Å². The summed E-state index contributed by atoms with van der Waals surface area (Å²) in [4.78, 5) is 4.70. The average molecular weight is 323 g/mol. The molecule has 1 N–H and O–H groups in total. The summed E-state index contributed by atoms with van der Waals surface area (Å²) in [5.41, 5.74) is 1.45. The molecular weight excluding hydrogens is 310 g/mol. The highest BCUT2D eigenvalue weighted by molar-refractivity contribution is 5.52. The van der Waals surface area contributed by atoms with Crippen molar-refractivity contribution in [1.29, 1.82) is 0 Å². The molecule has 1 saturated heterocycles. The monoisotopic (exact) mass is 323 g/mol. The third-order valence-electron chi connectivity index (χ3n) is 4.02. The maximum Gasteiger partial charge on any atom is 0.183 e. The largest absolute Gasteiger partial charge is 0.381 e. The fraction of sp³-hybridized carbons (Fsp3) is 0.286. The molecule has 10 nitrogen and oxygen atoms in total. The third-order valence-corrected chi connectivity index (χ3v) is 4.02. The normalized spacial score (nSPS) is 17.8. The van der Waals surface area contributed by atoms with Crippen molar-refractivity contribution in [2.24, 2.45) is 0 Å². The van der Waals surface area contributed by atoms with Crippen molar-refractivity contribution in [2.45, 2.75) is 12.3 Å². The lowest BCUT2D eigenvalue weighted by Crippen LogP contribution is -2.06. The van der Waals surface area contributed by atoms with Gasteiger partial charge in [-0.1, -0.05) is 0 Å². The van der Waals surface area contributed by atoms with Crippen LogP contribution in [0.3, 0.4) is 0 Å². The van der Waals surface area contributed by atoms with E-state index >= 15 is 0 Å². The van der Waals surface area contributed by atoms with Gasteiger partial charge in [0.25, 0.3) is 0 Å². The first-order valence-corrected chi connectivity index (χ1v) is 7.60. The van der Waals surface area contributed by atoms with Crippen LogP contribution in [0.5, 0.6) is 0 Å². The van der Waals surface area contributed by atoms with E-state index in [1.54, 1.807) is 21.7 Å². The zero-order chi connectivity index (χ0) is 15.9. The number of nitrogens with one attached hydrogen (secondary N) is 1. The zero-order valence-corrected chi connectivity index (χ0v) is 12.6. The summed E-state index contributed by atoms with van der Waals surface area (Å²) in [6.07, 6.45) is 4.16. The van der Waals surface area contributed by atoms with Crippen LogP contribution in [0.15, 0.2) is 30.7 Å². The molecule has 0 aromatic carbocycles. The Balaban J connectivity index is 1.67. The van der Waals surface area contributed by atoms with Crippen molar-refractivity contribution in [3.8, 4) is 17.3 Å². The number of aromatic amines is 1. The lowest BCUT2D eigenvalue weighted by molar-refractivity contribution is 0.193. The van der Waals surface area contributed by atoms with E-state index in [1.165, 1.54) is 0 Å². The van der Waals surface area contributed by atoms with Crippen LogP contribution in [0.4, 0.5) is 0 Å². The first-order chi connectivity index (χ1) is 11.9. The molecule has 4 aromatic heterocycles. The second-order valence-electron chi connectivity index (χ2n) is 5.56. The van der Waals surface area contributed by atoms with Gasteiger partial charge in [-0.25, -0.2) is 4.98 Å². The van der Waals surface area contributed by atoms with Gasteiger partial charge < -0.3 is 4.74 Å². The minimum absolute atomic E-state index is 0.201. The quantitative estimate of drug-likeness (QED) is 0.587. The third kappa shape index (κ3) is 2.07. The molecule has 1 aliphatic heterocycles. The average Bonchev–Trinajstić information content (AvgIpc) is 3.41. The Morgan fingerprint density at radius 1 is 1.21 bits per heavy atom. The highest BCUT2D eigenvalue weighted by Crippen LogP contribution is 2.26. The molecule has 0 saturated carbocycles. The van der Waals surface area contributed by atoms with Gasteiger partial charge in [0.05, 0.1) is 6.61 Å². The standard InChI is InChI=1S/C14H13N9O/c1-2-12(20-22-8-16-19-11(1)22)23-14(10-3-5-15-18-10)17-13(21-23)9-4-6-24-7-9/h1-3,5,8-9H,4,6-7H2,(H,15,18)/t9-/m0/s1. The number of nitrogens with zero attached hydrogens (tertiary/aromatic N) is 8. The minimum Gasteiger partial charge on any atom is -0.381 e. The molecule has 0 spiro atoms. The van der Waals surface area contributed by atoms with E-state index in [0.29, 0.717) is 23.9 Å². The van der Waals surface area contributed by atoms with Gasteiger partial charge in [-0.15, -0.1) is 20.4 Å². The van der Waals surface area contributed by atoms with Crippen LogP contribution in [-0.4, -0.2) is 58.0 Å². The summed E-state index contributed by atoms with van der Waals surface area (Å²) in [6, 6.07) is 5.53. The SMILES string of the molecule is c1cc(-c2nc([C@H]3CCOC3)nn2-c2ccc3nncn3n2)[nH]n1. The number of H-pyrrole nitrogens is 1. The van der Waals surface area contributed by atoms with E-state index in [4.69, 9.17) is 9.72 Å². The molecule has 24 heavy (non-hydrogen) atoms. The predicted octanol–water partition coefficient (Wildman–Crippen LogP) is 0.599. The van der Waals surface area contributed by atoms with Crippen LogP contribution in [-0.2, 0) is 4.74 Å². The molecule has 0 bridgehead atoms. The molecule has 10 heteroatoms. The van der Waals surface area contributed by atoms with Crippen molar-refractivity contribution in [1.82, 2.24) is 44.8 Å². The lowest BCUT2D eigenvalue weighted by Gasteiger charge is -2.03. The smallest absolute Gasteiger partial charge is 0.183 e. The number of aromatic nitrogens is 9. The predicted molar refractivity (Wildman–Crippen MR) is 81.5 cm³/mol. The highest BCUT2D eigenvalue weighted by atomic mass is 16.5.